The Bertz CT molecular complexity index is 547. The topological polar surface area (TPSA) is 12.9 Å². The lowest BCUT2D eigenvalue weighted by atomic mass is 10.2. The molecule has 0 N–H and O–H groups in total. The van der Waals surface area contributed by atoms with E-state index in [2.05, 4.69) is 27.6 Å². The van der Waals surface area contributed by atoms with E-state index < -0.39 is 0 Å². The molecular formula is C9H2Cl4IN. The normalized spacial score (nSPS) is 11.0. The quantitative estimate of drug-likeness (QED) is 0.429. The fraction of sp³-hybridized carbons (Fsp3) is 0. The summed E-state index contributed by atoms with van der Waals surface area (Å²) in [7, 11) is 0. The van der Waals surface area contributed by atoms with Gasteiger partial charge in [0, 0.05) is 11.6 Å². The Morgan fingerprint density at radius 2 is 1.67 bits per heavy atom. The first kappa shape index (κ1) is 12.0. The molecule has 1 nitrogen and oxygen atoms in total. The van der Waals surface area contributed by atoms with Crippen molar-refractivity contribution in [2.24, 2.45) is 0 Å². The highest BCUT2D eigenvalue weighted by Crippen LogP contribution is 2.39. The van der Waals surface area contributed by atoms with E-state index in [9.17, 15) is 0 Å². The van der Waals surface area contributed by atoms with Gasteiger partial charge in [-0.2, -0.15) is 0 Å². The third-order valence-electron chi connectivity index (χ3n) is 1.88. The van der Waals surface area contributed by atoms with Crippen molar-refractivity contribution in [2.45, 2.75) is 0 Å². The first-order chi connectivity index (χ1) is 7.02. The molecule has 0 radical (unpaired) electrons. The van der Waals surface area contributed by atoms with Crippen LogP contribution < -0.4 is 0 Å². The summed E-state index contributed by atoms with van der Waals surface area (Å²) >= 11 is 26.2. The minimum atomic E-state index is 0.375. The number of pyridine rings is 1. The van der Waals surface area contributed by atoms with E-state index in [0.29, 0.717) is 31.0 Å². The van der Waals surface area contributed by atoms with Crippen LogP contribution in [-0.4, -0.2) is 4.98 Å². The first-order valence-corrected chi connectivity index (χ1v) is 6.38. The van der Waals surface area contributed by atoms with E-state index in [-0.39, 0.29) is 0 Å². The van der Waals surface area contributed by atoms with Gasteiger partial charge in [-0.3, -0.25) is 4.98 Å². The van der Waals surface area contributed by atoms with Crippen molar-refractivity contribution < 1.29 is 0 Å². The summed E-state index contributed by atoms with van der Waals surface area (Å²) in [6.45, 7) is 0. The van der Waals surface area contributed by atoms with Gasteiger partial charge in [0.2, 0.25) is 0 Å². The van der Waals surface area contributed by atoms with Gasteiger partial charge in [-0.1, -0.05) is 46.4 Å². The van der Waals surface area contributed by atoms with Gasteiger partial charge >= 0.3 is 0 Å². The maximum Gasteiger partial charge on any atom is 0.0920 e. The van der Waals surface area contributed by atoms with Crippen LogP contribution >= 0.6 is 69.0 Å². The van der Waals surface area contributed by atoms with E-state index in [1.54, 1.807) is 12.3 Å². The number of aromatic nitrogens is 1. The standard InChI is InChI=1S/C9H2Cl4IN/c10-3-1-4(11)9-6(7(3)12)8(13)5(14)2-15-9/h1-2H. The van der Waals surface area contributed by atoms with Gasteiger partial charge in [0.1, 0.15) is 0 Å². The average Bonchev–Trinajstić information content (AvgIpc) is 2.19. The number of hydrogen-bond donors (Lipinski definition) is 0. The molecule has 0 aliphatic carbocycles. The second-order valence-electron chi connectivity index (χ2n) is 2.80. The minimum Gasteiger partial charge on any atom is -0.253 e. The fourth-order valence-corrected chi connectivity index (χ4v) is 2.65. The highest BCUT2D eigenvalue weighted by atomic mass is 127. The molecule has 0 unspecified atom stereocenters. The van der Waals surface area contributed by atoms with Crippen molar-refractivity contribution in [3.8, 4) is 0 Å². The molecule has 6 heteroatoms. The number of hydrogen-bond acceptors (Lipinski definition) is 1. The van der Waals surface area contributed by atoms with E-state index in [0.717, 1.165) is 3.57 Å². The lowest BCUT2D eigenvalue weighted by Gasteiger charge is -2.07. The molecule has 0 atom stereocenters. The Morgan fingerprint density at radius 3 is 2.33 bits per heavy atom. The molecule has 1 aromatic heterocycles. The maximum absolute atomic E-state index is 6.13. The molecule has 0 saturated carbocycles. The van der Waals surface area contributed by atoms with Gasteiger partial charge in [-0.15, -0.1) is 0 Å². The summed E-state index contributed by atoms with van der Waals surface area (Å²) in [5, 5.41) is 2.32. The van der Waals surface area contributed by atoms with Crippen molar-refractivity contribution in [3.05, 3.63) is 35.9 Å². The molecule has 2 rings (SSSR count). The Kier molecular flexibility index (Phi) is 3.53. The number of benzene rings is 1. The lowest BCUT2D eigenvalue weighted by molar-refractivity contribution is 1.39. The zero-order chi connectivity index (χ0) is 11.2. The van der Waals surface area contributed by atoms with Gasteiger partial charge in [0.15, 0.2) is 0 Å². The van der Waals surface area contributed by atoms with Crippen LogP contribution in [0.25, 0.3) is 10.9 Å². The second kappa shape index (κ2) is 4.41. The summed E-state index contributed by atoms with van der Waals surface area (Å²) in [6.07, 6.45) is 1.64. The highest BCUT2D eigenvalue weighted by molar-refractivity contribution is 14.1. The van der Waals surface area contributed by atoms with Crippen LogP contribution in [0.5, 0.6) is 0 Å². The molecular weight excluding hydrogens is 391 g/mol. The maximum atomic E-state index is 6.13. The number of rotatable bonds is 0. The Balaban J connectivity index is 3.04. The third kappa shape index (κ3) is 2.03. The van der Waals surface area contributed by atoms with Gasteiger partial charge in [0.05, 0.1) is 29.2 Å². The zero-order valence-corrected chi connectivity index (χ0v) is 12.2. The summed E-state index contributed by atoms with van der Waals surface area (Å²) in [6, 6.07) is 1.56. The molecule has 15 heavy (non-hydrogen) atoms. The van der Waals surface area contributed by atoms with Gasteiger partial charge < -0.3 is 0 Å². The third-order valence-corrected chi connectivity index (χ3v) is 4.49. The Labute approximate surface area is 120 Å². The fourth-order valence-electron chi connectivity index (χ4n) is 1.21. The van der Waals surface area contributed by atoms with E-state index >= 15 is 0 Å². The van der Waals surface area contributed by atoms with Crippen LogP contribution in [0.4, 0.5) is 0 Å². The summed E-state index contributed by atoms with van der Waals surface area (Å²) in [4.78, 5) is 4.18. The number of halogens is 5. The van der Waals surface area contributed by atoms with Crippen molar-refractivity contribution in [1.29, 1.82) is 0 Å². The molecule has 0 aliphatic heterocycles. The molecule has 0 fully saturated rings. The largest absolute Gasteiger partial charge is 0.253 e. The van der Waals surface area contributed by atoms with Crippen molar-refractivity contribution >= 4 is 79.9 Å². The Hall–Kier alpha value is 0.520. The number of fused-ring (bicyclic) bond motifs is 1. The molecule has 0 amide bonds. The predicted octanol–water partition coefficient (Wildman–Crippen LogP) is 5.45. The smallest absolute Gasteiger partial charge is 0.0920 e. The van der Waals surface area contributed by atoms with Crippen LogP contribution in [0.3, 0.4) is 0 Å². The average molecular weight is 393 g/mol. The first-order valence-electron chi connectivity index (χ1n) is 3.79. The van der Waals surface area contributed by atoms with E-state index in [1.807, 2.05) is 0 Å². The van der Waals surface area contributed by atoms with Crippen LogP contribution in [-0.2, 0) is 0 Å². The van der Waals surface area contributed by atoms with E-state index in [1.165, 1.54) is 0 Å². The predicted molar refractivity (Wildman–Crippen MR) is 74.5 cm³/mol. The van der Waals surface area contributed by atoms with Crippen LogP contribution in [0.1, 0.15) is 0 Å². The lowest BCUT2D eigenvalue weighted by Crippen LogP contribution is -1.87. The van der Waals surface area contributed by atoms with Crippen molar-refractivity contribution in [1.82, 2.24) is 4.98 Å². The Morgan fingerprint density at radius 1 is 1.00 bits per heavy atom. The summed E-state index contributed by atoms with van der Waals surface area (Å²) < 4.78 is 0.807. The molecule has 78 valence electrons. The summed E-state index contributed by atoms with van der Waals surface area (Å²) in [5.41, 5.74) is 0.566. The van der Waals surface area contributed by atoms with Gasteiger partial charge in [-0.25, -0.2) is 0 Å². The van der Waals surface area contributed by atoms with Gasteiger partial charge in [0.25, 0.3) is 0 Å². The molecule has 0 bridgehead atoms. The minimum absolute atomic E-state index is 0.375. The molecule has 2 aromatic rings. The monoisotopic (exact) mass is 391 g/mol. The second-order valence-corrected chi connectivity index (χ2v) is 5.53. The summed E-state index contributed by atoms with van der Waals surface area (Å²) in [5.74, 6) is 0. The van der Waals surface area contributed by atoms with Crippen molar-refractivity contribution in [2.75, 3.05) is 0 Å². The van der Waals surface area contributed by atoms with E-state index in [4.69, 9.17) is 46.4 Å². The molecule has 0 spiro atoms. The van der Waals surface area contributed by atoms with Crippen LogP contribution in [0.15, 0.2) is 12.3 Å². The van der Waals surface area contributed by atoms with Gasteiger partial charge in [-0.05, 0) is 28.7 Å². The number of nitrogens with zero attached hydrogens (tertiary/aromatic N) is 1. The molecule has 1 heterocycles. The SMILES string of the molecule is Clc1cc(Cl)c2ncc(I)c(Cl)c2c1Cl. The van der Waals surface area contributed by atoms with Crippen LogP contribution in [0, 0.1) is 3.57 Å². The molecule has 0 saturated heterocycles. The zero-order valence-electron chi connectivity index (χ0n) is 6.99. The van der Waals surface area contributed by atoms with Crippen molar-refractivity contribution in [3.63, 3.8) is 0 Å². The van der Waals surface area contributed by atoms with Crippen LogP contribution in [0.2, 0.25) is 20.1 Å². The molecule has 1 aromatic carbocycles. The molecule has 0 aliphatic rings. The highest BCUT2D eigenvalue weighted by Gasteiger charge is 2.14.